The van der Waals surface area contributed by atoms with Crippen LogP contribution in [0.15, 0.2) is 29.1 Å². The number of nitrogens with zero attached hydrogens (tertiary/aromatic N) is 1. The zero-order valence-electron chi connectivity index (χ0n) is 9.10. The second kappa shape index (κ2) is 3.98. The van der Waals surface area contributed by atoms with Crippen molar-refractivity contribution in [2.45, 2.75) is 6.42 Å². The Kier molecular flexibility index (Phi) is 2.66. The van der Waals surface area contributed by atoms with Crippen LogP contribution >= 0.6 is 0 Å². The molecule has 2 aromatic rings. The van der Waals surface area contributed by atoms with Crippen LogP contribution < -0.4 is 11.3 Å². The number of aromatic nitrogens is 1. The summed E-state index contributed by atoms with van der Waals surface area (Å²) in [5, 5.41) is 10.7. The zero-order chi connectivity index (χ0) is 11.7. The standard InChI is InChI=1S/C12H14N2O2/c1-14-11(16)7-8(5-6-13)9-3-2-4-10(15)12(9)14/h2-4,7,15H,5-6,13H2,1H3. The highest BCUT2D eigenvalue weighted by molar-refractivity contribution is 5.87. The highest BCUT2D eigenvalue weighted by Gasteiger charge is 2.08. The Morgan fingerprint density at radius 3 is 2.88 bits per heavy atom. The van der Waals surface area contributed by atoms with Crippen molar-refractivity contribution in [3.63, 3.8) is 0 Å². The number of para-hydroxylation sites is 1. The van der Waals surface area contributed by atoms with E-state index in [4.69, 9.17) is 5.73 Å². The SMILES string of the molecule is Cn1c(=O)cc(CCN)c2cccc(O)c21. The largest absolute Gasteiger partial charge is 0.506 e. The molecule has 0 unspecified atom stereocenters. The molecule has 4 heteroatoms. The first-order valence-electron chi connectivity index (χ1n) is 5.16. The summed E-state index contributed by atoms with van der Waals surface area (Å²) < 4.78 is 1.45. The first kappa shape index (κ1) is 10.7. The monoisotopic (exact) mass is 218 g/mol. The molecule has 1 aromatic heterocycles. The molecule has 0 saturated heterocycles. The van der Waals surface area contributed by atoms with Crippen LogP contribution in [0.3, 0.4) is 0 Å². The maximum atomic E-state index is 11.7. The maximum absolute atomic E-state index is 11.7. The summed E-state index contributed by atoms with van der Waals surface area (Å²) in [5.74, 6) is 0.121. The summed E-state index contributed by atoms with van der Waals surface area (Å²) in [5.41, 5.74) is 6.83. The quantitative estimate of drug-likeness (QED) is 0.781. The van der Waals surface area contributed by atoms with Gasteiger partial charge in [-0.05, 0) is 24.6 Å². The van der Waals surface area contributed by atoms with Crippen molar-refractivity contribution in [1.82, 2.24) is 4.57 Å². The topological polar surface area (TPSA) is 68.2 Å². The molecule has 0 bridgehead atoms. The summed E-state index contributed by atoms with van der Waals surface area (Å²) in [6.45, 7) is 0.484. The number of hydrogen-bond donors (Lipinski definition) is 2. The summed E-state index contributed by atoms with van der Waals surface area (Å²) in [6.07, 6.45) is 0.635. The van der Waals surface area contributed by atoms with Gasteiger partial charge in [0, 0.05) is 18.5 Å². The van der Waals surface area contributed by atoms with E-state index in [9.17, 15) is 9.90 Å². The highest BCUT2D eigenvalue weighted by Crippen LogP contribution is 2.25. The van der Waals surface area contributed by atoms with Crippen LogP contribution in [0.2, 0.25) is 0 Å². The van der Waals surface area contributed by atoms with Gasteiger partial charge in [0.15, 0.2) is 0 Å². The molecular weight excluding hydrogens is 204 g/mol. The normalized spacial score (nSPS) is 10.9. The lowest BCUT2D eigenvalue weighted by Gasteiger charge is -2.10. The minimum atomic E-state index is -0.127. The highest BCUT2D eigenvalue weighted by atomic mass is 16.3. The smallest absolute Gasteiger partial charge is 0.251 e. The Balaban J connectivity index is 2.89. The molecule has 2 rings (SSSR count). The van der Waals surface area contributed by atoms with Crippen molar-refractivity contribution in [3.05, 3.63) is 40.2 Å². The molecule has 0 aliphatic rings. The van der Waals surface area contributed by atoms with Crippen LogP contribution in [0.5, 0.6) is 5.75 Å². The van der Waals surface area contributed by atoms with Crippen LogP contribution in [0.25, 0.3) is 10.9 Å². The summed E-state index contributed by atoms with van der Waals surface area (Å²) >= 11 is 0. The minimum absolute atomic E-state index is 0.121. The van der Waals surface area contributed by atoms with Crippen LogP contribution in [-0.2, 0) is 13.5 Å². The van der Waals surface area contributed by atoms with Gasteiger partial charge in [-0.15, -0.1) is 0 Å². The van der Waals surface area contributed by atoms with Gasteiger partial charge in [-0.25, -0.2) is 0 Å². The van der Waals surface area contributed by atoms with Crippen LogP contribution in [-0.4, -0.2) is 16.2 Å². The van der Waals surface area contributed by atoms with Gasteiger partial charge < -0.3 is 15.4 Å². The van der Waals surface area contributed by atoms with Gasteiger partial charge in [0.05, 0.1) is 5.52 Å². The van der Waals surface area contributed by atoms with Gasteiger partial charge in [0.25, 0.3) is 5.56 Å². The van der Waals surface area contributed by atoms with Gasteiger partial charge in [-0.3, -0.25) is 4.79 Å². The molecule has 1 aromatic carbocycles. The van der Waals surface area contributed by atoms with Gasteiger partial charge >= 0.3 is 0 Å². The maximum Gasteiger partial charge on any atom is 0.251 e. The molecule has 0 aliphatic heterocycles. The molecule has 0 saturated carbocycles. The lowest BCUT2D eigenvalue weighted by molar-refractivity contribution is 0.478. The van der Waals surface area contributed by atoms with Gasteiger partial charge in [0.2, 0.25) is 0 Å². The molecular formula is C12H14N2O2. The fourth-order valence-electron chi connectivity index (χ4n) is 1.94. The number of phenols is 1. The van der Waals surface area contributed by atoms with Crippen molar-refractivity contribution >= 4 is 10.9 Å². The molecule has 0 amide bonds. The van der Waals surface area contributed by atoms with Crippen molar-refractivity contribution in [2.24, 2.45) is 12.8 Å². The molecule has 0 atom stereocenters. The van der Waals surface area contributed by atoms with Crippen molar-refractivity contribution in [2.75, 3.05) is 6.54 Å². The number of aryl methyl sites for hydroxylation is 1. The third-order valence-electron chi connectivity index (χ3n) is 2.74. The molecule has 0 aliphatic carbocycles. The number of phenolic OH excluding ortho intramolecular Hbond substituents is 1. The second-order valence-corrected chi connectivity index (χ2v) is 3.78. The van der Waals surface area contributed by atoms with E-state index in [1.54, 1.807) is 25.2 Å². The number of benzene rings is 1. The predicted octanol–water partition coefficient (Wildman–Crippen LogP) is 0.745. The first-order chi connectivity index (χ1) is 7.65. The van der Waals surface area contributed by atoms with Gasteiger partial charge in [-0.1, -0.05) is 12.1 Å². The predicted molar refractivity (Wildman–Crippen MR) is 63.6 cm³/mol. The van der Waals surface area contributed by atoms with E-state index < -0.39 is 0 Å². The van der Waals surface area contributed by atoms with Crippen molar-refractivity contribution < 1.29 is 5.11 Å². The Morgan fingerprint density at radius 2 is 2.19 bits per heavy atom. The third-order valence-corrected chi connectivity index (χ3v) is 2.74. The van der Waals surface area contributed by atoms with E-state index in [2.05, 4.69) is 0 Å². The van der Waals surface area contributed by atoms with E-state index in [1.807, 2.05) is 6.07 Å². The fraction of sp³-hybridized carbons (Fsp3) is 0.250. The second-order valence-electron chi connectivity index (χ2n) is 3.78. The Bertz CT molecular complexity index is 587. The molecule has 0 spiro atoms. The molecule has 4 nitrogen and oxygen atoms in total. The van der Waals surface area contributed by atoms with Crippen LogP contribution in [0, 0.1) is 0 Å². The number of rotatable bonds is 2. The molecule has 84 valence electrons. The van der Waals surface area contributed by atoms with Crippen molar-refractivity contribution in [3.8, 4) is 5.75 Å². The van der Waals surface area contributed by atoms with Crippen molar-refractivity contribution in [1.29, 1.82) is 0 Å². The third kappa shape index (κ3) is 1.57. The van der Waals surface area contributed by atoms with E-state index in [-0.39, 0.29) is 11.3 Å². The molecule has 0 fully saturated rings. The fourth-order valence-corrected chi connectivity index (χ4v) is 1.94. The summed E-state index contributed by atoms with van der Waals surface area (Å²) in [6, 6.07) is 6.81. The van der Waals surface area contributed by atoms with E-state index in [0.717, 1.165) is 10.9 Å². The molecule has 1 heterocycles. The van der Waals surface area contributed by atoms with E-state index in [0.29, 0.717) is 18.5 Å². The Labute approximate surface area is 92.9 Å². The average Bonchev–Trinajstić information content (AvgIpc) is 2.25. The number of fused-ring (bicyclic) bond motifs is 1. The number of nitrogens with two attached hydrogens (primary N) is 1. The molecule has 0 radical (unpaired) electrons. The molecule has 3 N–H and O–H groups in total. The zero-order valence-corrected chi connectivity index (χ0v) is 9.10. The Hall–Kier alpha value is -1.81. The summed E-state index contributed by atoms with van der Waals surface area (Å²) in [4.78, 5) is 11.7. The average molecular weight is 218 g/mol. The number of pyridine rings is 1. The summed E-state index contributed by atoms with van der Waals surface area (Å²) in [7, 11) is 1.65. The van der Waals surface area contributed by atoms with Gasteiger partial charge in [0.1, 0.15) is 5.75 Å². The number of aromatic hydroxyl groups is 1. The Morgan fingerprint density at radius 1 is 1.44 bits per heavy atom. The van der Waals surface area contributed by atoms with Gasteiger partial charge in [-0.2, -0.15) is 0 Å². The lowest BCUT2D eigenvalue weighted by Crippen LogP contribution is -2.18. The first-order valence-corrected chi connectivity index (χ1v) is 5.16. The van der Waals surface area contributed by atoms with Crippen LogP contribution in [0.1, 0.15) is 5.56 Å². The lowest BCUT2D eigenvalue weighted by atomic mass is 10.1. The van der Waals surface area contributed by atoms with E-state index in [1.165, 1.54) is 4.57 Å². The minimum Gasteiger partial charge on any atom is -0.506 e. The van der Waals surface area contributed by atoms with E-state index >= 15 is 0 Å². The van der Waals surface area contributed by atoms with Crippen LogP contribution in [0.4, 0.5) is 0 Å². The number of hydrogen-bond acceptors (Lipinski definition) is 3. The molecule has 16 heavy (non-hydrogen) atoms.